The summed E-state index contributed by atoms with van der Waals surface area (Å²) in [7, 11) is 0. The van der Waals surface area contributed by atoms with Gasteiger partial charge in [0, 0.05) is 13.0 Å². The molecule has 9 heteroatoms. The molecule has 9 nitrogen and oxygen atoms in total. The SMILES string of the molecule is NC(=O)CCNC(=O)N(CC(N)=O)CC(=O)O. The molecule has 0 aliphatic rings. The molecule has 0 aromatic rings. The fourth-order valence-corrected chi connectivity index (χ4v) is 0.955. The van der Waals surface area contributed by atoms with E-state index < -0.39 is 36.9 Å². The van der Waals surface area contributed by atoms with Crippen LogP contribution in [-0.2, 0) is 14.4 Å². The number of amides is 4. The number of nitrogens with one attached hydrogen (secondary N) is 1. The Morgan fingerprint density at radius 1 is 1.06 bits per heavy atom. The van der Waals surface area contributed by atoms with Crippen LogP contribution >= 0.6 is 0 Å². The Hall–Kier alpha value is -2.32. The first-order valence-electron chi connectivity index (χ1n) is 4.64. The fourth-order valence-electron chi connectivity index (χ4n) is 0.955. The summed E-state index contributed by atoms with van der Waals surface area (Å²) in [4.78, 5) is 43.5. The van der Waals surface area contributed by atoms with Crippen LogP contribution < -0.4 is 16.8 Å². The number of primary amides is 2. The highest BCUT2D eigenvalue weighted by atomic mass is 16.4. The molecule has 0 radical (unpaired) electrons. The number of carbonyl (C=O) groups is 4. The summed E-state index contributed by atoms with van der Waals surface area (Å²) in [5.74, 6) is -2.72. The molecule has 0 unspecified atom stereocenters. The van der Waals surface area contributed by atoms with Crippen molar-refractivity contribution in [1.29, 1.82) is 0 Å². The number of hydrogen-bond acceptors (Lipinski definition) is 4. The van der Waals surface area contributed by atoms with Crippen molar-refractivity contribution in [3.05, 3.63) is 0 Å². The van der Waals surface area contributed by atoms with Crippen molar-refractivity contribution < 1.29 is 24.3 Å². The quantitative estimate of drug-likeness (QED) is 0.389. The summed E-state index contributed by atoms with van der Waals surface area (Å²) in [6, 6.07) is -0.799. The fraction of sp³-hybridized carbons (Fsp3) is 0.500. The maximum Gasteiger partial charge on any atom is 0.323 e. The number of carbonyl (C=O) groups excluding carboxylic acids is 3. The van der Waals surface area contributed by atoms with Crippen molar-refractivity contribution in [3.63, 3.8) is 0 Å². The number of aliphatic carboxylic acids is 1. The summed E-state index contributed by atoms with van der Waals surface area (Å²) in [5.41, 5.74) is 9.70. The van der Waals surface area contributed by atoms with Crippen LogP contribution in [0.4, 0.5) is 4.79 Å². The van der Waals surface area contributed by atoms with Crippen molar-refractivity contribution in [2.45, 2.75) is 6.42 Å². The van der Waals surface area contributed by atoms with E-state index in [0.717, 1.165) is 0 Å². The monoisotopic (exact) mass is 246 g/mol. The largest absolute Gasteiger partial charge is 0.480 e. The van der Waals surface area contributed by atoms with Crippen LogP contribution in [-0.4, -0.2) is 53.5 Å². The lowest BCUT2D eigenvalue weighted by Gasteiger charge is -2.19. The summed E-state index contributed by atoms with van der Waals surface area (Å²) in [6.07, 6.45) is -0.0801. The predicted octanol–water partition coefficient (Wildman–Crippen LogP) is -2.56. The average Bonchev–Trinajstić information content (AvgIpc) is 2.14. The Balaban J connectivity index is 4.26. The normalized spacial score (nSPS) is 9.41. The molecule has 0 saturated heterocycles. The van der Waals surface area contributed by atoms with E-state index in [4.69, 9.17) is 16.6 Å². The molecular weight excluding hydrogens is 232 g/mol. The second-order valence-corrected chi connectivity index (χ2v) is 3.16. The van der Waals surface area contributed by atoms with Crippen LogP contribution in [0.25, 0.3) is 0 Å². The second-order valence-electron chi connectivity index (χ2n) is 3.16. The average molecular weight is 246 g/mol. The van der Waals surface area contributed by atoms with Gasteiger partial charge < -0.3 is 26.8 Å². The van der Waals surface area contributed by atoms with Crippen molar-refractivity contribution in [2.75, 3.05) is 19.6 Å². The zero-order valence-electron chi connectivity index (χ0n) is 9.01. The van der Waals surface area contributed by atoms with E-state index in [2.05, 4.69) is 5.32 Å². The Morgan fingerprint density at radius 3 is 2.06 bits per heavy atom. The minimum atomic E-state index is -1.28. The van der Waals surface area contributed by atoms with E-state index in [1.165, 1.54) is 0 Å². The zero-order valence-corrected chi connectivity index (χ0v) is 9.01. The standard InChI is InChI=1S/C8H14N4O5/c9-5(13)1-2-11-8(17)12(3-6(10)14)4-7(15)16/h1-4H2,(H2,9,13)(H2,10,14)(H,11,17)(H,15,16). The summed E-state index contributed by atoms with van der Waals surface area (Å²) in [6.45, 7) is -1.22. The van der Waals surface area contributed by atoms with E-state index in [0.29, 0.717) is 4.90 Å². The van der Waals surface area contributed by atoms with Gasteiger partial charge in [-0.3, -0.25) is 14.4 Å². The topological polar surface area (TPSA) is 156 Å². The van der Waals surface area contributed by atoms with Gasteiger partial charge in [0.2, 0.25) is 11.8 Å². The molecule has 0 aromatic heterocycles. The van der Waals surface area contributed by atoms with Gasteiger partial charge in [-0.1, -0.05) is 0 Å². The Kier molecular flexibility index (Phi) is 6.08. The van der Waals surface area contributed by atoms with E-state index in [1.54, 1.807) is 0 Å². The van der Waals surface area contributed by atoms with E-state index in [9.17, 15) is 19.2 Å². The Morgan fingerprint density at radius 2 is 1.65 bits per heavy atom. The number of hydrogen-bond donors (Lipinski definition) is 4. The van der Waals surface area contributed by atoms with E-state index in [-0.39, 0.29) is 13.0 Å². The molecule has 0 heterocycles. The van der Waals surface area contributed by atoms with Crippen LogP contribution in [0, 0.1) is 0 Å². The first kappa shape index (κ1) is 14.7. The zero-order chi connectivity index (χ0) is 13.4. The van der Waals surface area contributed by atoms with Crippen LogP contribution in [0.5, 0.6) is 0 Å². The molecule has 96 valence electrons. The second kappa shape index (κ2) is 7.04. The lowest BCUT2D eigenvalue weighted by Crippen LogP contribution is -2.47. The lowest BCUT2D eigenvalue weighted by atomic mass is 10.4. The van der Waals surface area contributed by atoms with Gasteiger partial charge in [-0.15, -0.1) is 0 Å². The third-order valence-electron chi connectivity index (χ3n) is 1.61. The molecule has 0 aliphatic heterocycles. The molecule has 6 N–H and O–H groups in total. The van der Waals surface area contributed by atoms with Crippen LogP contribution in [0.1, 0.15) is 6.42 Å². The molecule has 0 saturated carbocycles. The molecule has 0 fully saturated rings. The number of carboxylic acid groups (broad SMARTS) is 1. The van der Waals surface area contributed by atoms with Gasteiger partial charge in [-0.25, -0.2) is 4.79 Å². The summed E-state index contributed by atoms with van der Waals surface area (Å²) in [5, 5.41) is 10.8. The minimum absolute atomic E-state index is 0.0386. The maximum absolute atomic E-state index is 11.4. The third kappa shape index (κ3) is 7.59. The number of rotatable bonds is 7. The maximum atomic E-state index is 11.4. The molecule has 0 spiro atoms. The van der Waals surface area contributed by atoms with Crippen molar-refractivity contribution in [2.24, 2.45) is 11.5 Å². The molecule has 17 heavy (non-hydrogen) atoms. The smallest absolute Gasteiger partial charge is 0.323 e. The number of urea groups is 1. The Labute approximate surface area is 96.7 Å². The molecule has 0 rings (SSSR count). The summed E-state index contributed by atoms with van der Waals surface area (Å²) < 4.78 is 0. The van der Waals surface area contributed by atoms with Crippen molar-refractivity contribution >= 4 is 23.8 Å². The highest BCUT2D eigenvalue weighted by Crippen LogP contribution is 1.90. The molecule has 4 amide bonds. The van der Waals surface area contributed by atoms with Crippen LogP contribution in [0.3, 0.4) is 0 Å². The molecule has 0 bridgehead atoms. The van der Waals surface area contributed by atoms with Gasteiger partial charge in [0.25, 0.3) is 0 Å². The minimum Gasteiger partial charge on any atom is -0.480 e. The predicted molar refractivity (Wildman–Crippen MR) is 55.6 cm³/mol. The first-order valence-corrected chi connectivity index (χ1v) is 4.64. The van der Waals surface area contributed by atoms with Gasteiger partial charge in [0.1, 0.15) is 13.1 Å². The van der Waals surface area contributed by atoms with Gasteiger partial charge in [-0.2, -0.15) is 0 Å². The van der Waals surface area contributed by atoms with E-state index in [1.807, 2.05) is 0 Å². The van der Waals surface area contributed by atoms with Crippen molar-refractivity contribution in [3.8, 4) is 0 Å². The highest BCUT2D eigenvalue weighted by Gasteiger charge is 2.18. The first-order chi connectivity index (χ1) is 7.82. The number of nitrogens with two attached hydrogens (primary N) is 2. The summed E-state index contributed by atoms with van der Waals surface area (Å²) >= 11 is 0. The molecule has 0 aliphatic carbocycles. The molecular formula is C8H14N4O5. The number of nitrogens with zero attached hydrogens (tertiary/aromatic N) is 1. The molecule has 0 atom stereocenters. The van der Waals surface area contributed by atoms with Crippen molar-refractivity contribution in [1.82, 2.24) is 10.2 Å². The van der Waals surface area contributed by atoms with Gasteiger partial charge in [0.15, 0.2) is 0 Å². The van der Waals surface area contributed by atoms with Crippen LogP contribution in [0.15, 0.2) is 0 Å². The highest BCUT2D eigenvalue weighted by molar-refractivity contribution is 5.86. The lowest BCUT2D eigenvalue weighted by molar-refractivity contribution is -0.137. The molecule has 0 aromatic carbocycles. The third-order valence-corrected chi connectivity index (χ3v) is 1.61. The van der Waals surface area contributed by atoms with E-state index >= 15 is 0 Å². The van der Waals surface area contributed by atoms with Crippen LogP contribution in [0.2, 0.25) is 0 Å². The van der Waals surface area contributed by atoms with Gasteiger partial charge >= 0.3 is 12.0 Å². The van der Waals surface area contributed by atoms with Gasteiger partial charge in [0.05, 0.1) is 0 Å². The van der Waals surface area contributed by atoms with Gasteiger partial charge in [-0.05, 0) is 0 Å². The number of carboxylic acids is 1. The Bertz CT molecular complexity index is 314.